The standard InChI is InChI=1S/C13H20O2.C12H11ClN2O/c1-5-10(2)8-11-6-7-12(14-3)9-13(11)15-4;1-3-14-11-7(2)9-6-8(13)4-5-10(9)15-12(11)16/h6-7,9-10H,5,8H2,1-4H3;3-6H,1-2H3,(H,15,16). The van der Waals surface area contributed by atoms with E-state index in [1.807, 2.05) is 25.1 Å². The first-order chi connectivity index (χ1) is 14.8. The third-order valence-corrected chi connectivity index (χ3v) is 5.46. The van der Waals surface area contributed by atoms with Gasteiger partial charge in [-0.3, -0.25) is 9.79 Å². The van der Waals surface area contributed by atoms with Crippen LogP contribution in [-0.2, 0) is 6.42 Å². The highest BCUT2D eigenvalue weighted by atomic mass is 35.5. The molecule has 1 aromatic heterocycles. The van der Waals surface area contributed by atoms with E-state index in [9.17, 15) is 4.79 Å². The van der Waals surface area contributed by atoms with E-state index in [-0.39, 0.29) is 5.56 Å². The molecule has 0 fully saturated rings. The summed E-state index contributed by atoms with van der Waals surface area (Å²) in [5, 5.41) is 1.57. The summed E-state index contributed by atoms with van der Waals surface area (Å²) in [5.74, 6) is 2.46. The molecule has 3 aromatic rings. The van der Waals surface area contributed by atoms with Crippen molar-refractivity contribution in [3.05, 3.63) is 62.9 Å². The highest BCUT2D eigenvalue weighted by molar-refractivity contribution is 6.31. The molecule has 0 spiro atoms. The summed E-state index contributed by atoms with van der Waals surface area (Å²) in [4.78, 5) is 18.6. The van der Waals surface area contributed by atoms with Gasteiger partial charge >= 0.3 is 0 Å². The minimum Gasteiger partial charge on any atom is -0.497 e. The van der Waals surface area contributed by atoms with E-state index >= 15 is 0 Å². The molecule has 5 nitrogen and oxygen atoms in total. The van der Waals surface area contributed by atoms with Crippen molar-refractivity contribution in [3.8, 4) is 11.5 Å². The zero-order valence-electron chi connectivity index (χ0n) is 19.1. The summed E-state index contributed by atoms with van der Waals surface area (Å²) in [6.07, 6.45) is 3.85. The van der Waals surface area contributed by atoms with Gasteiger partial charge in [-0.05, 0) is 61.6 Å². The Bertz CT molecular complexity index is 1110. The molecule has 1 atom stereocenters. The van der Waals surface area contributed by atoms with Crippen LogP contribution in [0.1, 0.15) is 38.3 Å². The first kappa shape index (κ1) is 24.5. The SMILES string of the molecule is CC=Nc1c(C)c2cc(Cl)ccc2[nH]c1=O.CCC(C)Cc1ccc(OC)cc1OC. The monoisotopic (exact) mass is 442 g/mol. The topological polar surface area (TPSA) is 63.7 Å². The quantitative estimate of drug-likeness (QED) is 0.443. The molecule has 0 saturated heterocycles. The number of fused-ring (bicyclic) bond motifs is 1. The third-order valence-electron chi connectivity index (χ3n) is 5.22. The second-order valence-electron chi connectivity index (χ2n) is 7.40. The first-order valence-corrected chi connectivity index (χ1v) is 10.7. The van der Waals surface area contributed by atoms with Gasteiger partial charge in [0.1, 0.15) is 17.2 Å². The van der Waals surface area contributed by atoms with Crippen molar-refractivity contribution in [2.75, 3.05) is 14.2 Å². The van der Waals surface area contributed by atoms with Crippen LogP contribution in [0.2, 0.25) is 5.02 Å². The van der Waals surface area contributed by atoms with Crippen molar-refractivity contribution in [1.29, 1.82) is 0 Å². The molecule has 2 aromatic carbocycles. The summed E-state index contributed by atoms with van der Waals surface area (Å²) in [6, 6.07) is 11.4. The van der Waals surface area contributed by atoms with Gasteiger partial charge in [-0.15, -0.1) is 0 Å². The summed E-state index contributed by atoms with van der Waals surface area (Å²) >= 11 is 5.93. The molecule has 0 amide bonds. The number of benzene rings is 2. The average Bonchev–Trinajstić information content (AvgIpc) is 2.77. The number of H-pyrrole nitrogens is 1. The van der Waals surface area contributed by atoms with E-state index < -0.39 is 0 Å². The molecule has 0 bridgehead atoms. The maximum atomic E-state index is 11.7. The lowest BCUT2D eigenvalue weighted by atomic mass is 9.98. The Balaban J connectivity index is 0.000000221. The van der Waals surface area contributed by atoms with Crippen LogP contribution in [0.25, 0.3) is 10.9 Å². The van der Waals surface area contributed by atoms with Crippen LogP contribution in [0.4, 0.5) is 5.69 Å². The van der Waals surface area contributed by atoms with Gasteiger partial charge in [-0.2, -0.15) is 0 Å². The summed E-state index contributed by atoms with van der Waals surface area (Å²) in [5.41, 5.74) is 3.15. The number of aryl methyl sites for hydroxylation is 1. The fourth-order valence-electron chi connectivity index (χ4n) is 3.24. The van der Waals surface area contributed by atoms with Gasteiger partial charge in [-0.1, -0.05) is 37.9 Å². The van der Waals surface area contributed by atoms with E-state index in [2.05, 4.69) is 29.9 Å². The molecule has 166 valence electrons. The average molecular weight is 443 g/mol. The lowest BCUT2D eigenvalue weighted by molar-refractivity contribution is 0.388. The fraction of sp³-hybridized carbons (Fsp3) is 0.360. The number of pyridine rings is 1. The lowest BCUT2D eigenvalue weighted by Gasteiger charge is -2.13. The number of nitrogens with zero attached hydrogens (tertiary/aromatic N) is 1. The van der Waals surface area contributed by atoms with Crippen LogP contribution in [0.15, 0.2) is 46.2 Å². The molecule has 0 aliphatic rings. The molecule has 0 saturated carbocycles. The van der Waals surface area contributed by atoms with Gasteiger partial charge in [0.2, 0.25) is 0 Å². The highest BCUT2D eigenvalue weighted by Gasteiger charge is 2.09. The number of aromatic nitrogens is 1. The van der Waals surface area contributed by atoms with Crippen molar-refractivity contribution in [2.24, 2.45) is 10.9 Å². The molecule has 6 heteroatoms. The second-order valence-corrected chi connectivity index (χ2v) is 7.84. The van der Waals surface area contributed by atoms with Crippen LogP contribution < -0.4 is 15.0 Å². The fourth-order valence-corrected chi connectivity index (χ4v) is 3.41. The van der Waals surface area contributed by atoms with Crippen molar-refractivity contribution in [1.82, 2.24) is 4.98 Å². The summed E-state index contributed by atoms with van der Waals surface area (Å²) < 4.78 is 10.5. The Morgan fingerprint density at radius 1 is 1.16 bits per heavy atom. The van der Waals surface area contributed by atoms with E-state index in [4.69, 9.17) is 21.1 Å². The Kier molecular flexibility index (Phi) is 9.13. The number of hydrogen-bond donors (Lipinski definition) is 1. The predicted octanol–water partition coefficient (Wildman–Crippen LogP) is 6.50. The van der Waals surface area contributed by atoms with Gasteiger partial charge in [0.25, 0.3) is 5.56 Å². The predicted molar refractivity (Wildman–Crippen MR) is 131 cm³/mol. The summed E-state index contributed by atoms with van der Waals surface area (Å²) in [7, 11) is 3.37. The Labute approximate surface area is 189 Å². The smallest absolute Gasteiger partial charge is 0.274 e. The lowest BCUT2D eigenvalue weighted by Crippen LogP contribution is -2.07. The van der Waals surface area contributed by atoms with Crippen molar-refractivity contribution >= 4 is 34.4 Å². The molecular formula is C25H31ClN2O3. The molecular weight excluding hydrogens is 412 g/mol. The number of methoxy groups -OCH3 is 2. The van der Waals surface area contributed by atoms with E-state index in [1.165, 1.54) is 12.0 Å². The van der Waals surface area contributed by atoms with Gasteiger partial charge in [0, 0.05) is 28.2 Å². The maximum Gasteiger partial charge on any atom is 0.274 e. The number of aromatic amines is 1. The van der Waals surface area contributed by atoms with E-state index in [1.54, 1.807) is 39.5 Å². The van der Waals surface area contributed by atoms with E-state index in [0.29, 0.717) is 16.6 Å². The molecule has 31 heavy (non-hydrogen) atoms. The normalized spacial score (nSPS) is 11.8. The second kappa shape index (κ2) is 11.6. The summed E-state index contributed by atoms with van der Waals surface area (Å²) in [6.45, 7) is 8.11. The minimum absolute atomic E-state index is 0.176. The third kappa shape index (κ3) is 6.34. The molecule has 0 radical (unpaired) electrons. The Hall–Kier alpha value is -2.79. The molecule has 3 rings (SSSR count). The number of nitrogens with one attached hydrogen (secondary N) is 1. The number of aliphatic imine (C=N–C) groups is 1. The molecule has 1 heterocycles. The van der Waals surface area contributed by atoms with Crippen LogP contribution in [0.3, 0.4) is 0 Å². The van der Waals surface area contributed by atoms with E-state index in [0.717, 1.165) is 34.4 Å². The largest absolute Gasteiger partial charge is 0.497 e. The number of halogens is 1. The minimum atomic E-state index is -0.176. The van der Waals surface area contributed by atoms with Crippen molar-refractivity contribution in [2.45, 2.75) is 40.5 Å². The van der Waals surface area contributed by atoms with Crippen LogP contribution in [-0.4, -0.2) is 25.4 Å². The zero-order valence-corrected chi connectivity index (χ0v) is 19.8. The van der Waals surface area contributed by atoms with Gasteiger partial charge < -0.3 is 14.5 Å². The first-order valence-electron chi connectivity index (χ1n) is 10.4. The number of rotatable bonds is 6. The van der Waals surface area contributed by atoms with Crippen molar-refractivity contribution < 1.29 is 9.47 Å². The highest BCUT2D eigenvalue weighted by Crippen LogP contribution is 2.27. The molecule has 0 aliphatic heterocycles. The number of hydrogen-bond acceptors (Lipinski definition) is 4. The Morgan fingerprint density at radius 3 is 2.52 bits per heavy atom. The molecule has 0 aliphatic carbocycles. The zero-order chi connectivity index (χ0) is 23.0. The van der Waals surface area contributed by atoms with Crippen LogP contribution in [0, 0.1) is 12.8 Å². The Morgan fingerprint density at radius 2 is 1.90 bits per heavy atom. The molecule has 1 N–H and O–H groups in total. The molecule has 1 unspecified atom stereocenters. The van der Waals surface area contributed by atoms with Gasteiger partial charge in [-0.25, -0.2) is 0 Å². The van der Waals surface area contributed by atoms with Crippen molar-refractivity contribution in [3.63, 3.8) is 0 Å². The van der Waals surface area contributed by atoms with Gasteiger partial charge in [0.15, 0.2) is 0 Å². The maximum absolute atomic E-state index is 11.7. The van der Waals surface area contributed by atoms with Gasteiger partial charge in [0.05, 0.1) is 14.2 Å². The number of ether oxygens (including phenoxy) is 2. The van der Waals surface area contributed by atoms with Crippen LogP contribution in [0.5, 0.6) is 11.5 Å². The van der Waals surface area contributed by atoms with Crippen LogP contribution >= 0.6 is 11.6 Å².